The lowest BCUT2D eigenvalue weighted by Gasteiger charge is -2.17. The molecule has 1 atom stereocenters. The molecule has 9 heteroatoms. The minimum atomic E-state index is -0.433. The summed E-state index contributed by atoms with van der Waals surface area (Å²) in [6, 6.07) is 7.25. The molecule has 0 aliphatic carbocycles. The lowest BCUT2D eigenvalue weighted by atomic mass is 10.2. The van der Waals surface area contributed by atoms with Gasteiger partial charge in [-0.25, -0.2) is 4.79 Å². The topological polar surface area (TPSA) is 89.4 Å². The predicted molar refractivity (Wildman–Crippen MR) is 98.1 cm³/mol. The van der Waals surface area contributed by atoms with E-state index in [-0.39, 0.29) is 11.9 Å². The fourth-order valence-corrected chi connectivity index (χ4v) is 3.70. The van der Waals surface area contributed by atoms with Gasteiger partial charge in [-0.1, -0.05) is 11.8 Å². The SMILES string of the molecule is CCn1c(S[C@@H](C)C(=O)N2CCNC2=O)nnc1-c1ccc(OC)cc1. The van der Waals surface area contributed by atoms with Crippen LogP contribution in [-0.2, 0) is 11.3 Å². The number of urea groups is 1. The van der Waals surface area contributed by atoms with E-state index in [4.69, 9.17) is 4.74 Å². The van der Waals surface area contributed by atoms with Gasteiger partial charge in [0, 0.05) is 25.2 Å². The fourth-order valence-electron chi connectivity index (χ4n) is 2.72. The zero-order chi connectivity index (χ0) is 18.7. The summed E-state index contributed by atoms with van der Waals surface area (Å²) in [6.45, 7) is 5.35. The Morgan fingerprint density at radius 2 is 2.08 bits per heavy atom. The minimum absolute atomic E-state index is 0.221. The summed E-state index contributed by atoms with van der Waals surface area (Å²) in [5.41, 5.74) is 0.921. The molecule has 26 heavy (non-hydrogen) atoms. The molecule has 2 aromatic rings. The van der Waals surface area contributed by atoms with Crippen LogP contribution in [0, 0.1) is 0 Å². The molecule has 1 N–H and O–H groups in total. The van der Waals surface area contributed by atoms with E-state index in [2.05, 4.69) is 15.5 Å². The molecule has 3 rings (SSSR count). The molecule has 0 radical (unpaired) electrons. The largest absolute Gasteiger partial charge is 0.497 e. The van der Waals surface area contributed by atoms with Crippen LogP contribution in [0.1, 0.15) is 13.8 Å². The lowest BCUT2D eigenvalue weighted by Crippen LogP contribution is -2.39. The van der Waals surface area contributed by atoms with Gasteiger partial charge in [-0.15, -0.1) is 10.2 Å². The molecule has 0 bridgehead atoms. The first-order valence-corrected chi connectivity index (χ1v) is 9.26. The van der Waals surface area contributed by atoms with Crippen molar-refractivity contribution >= 4 is 23.7 Å². The number of amides is 3. The van der Waals surface area contributed by atoms with Crippen molar-refractivity contribution in [1.82, 2.24) is 25.0 Å². The van der Waals surface area contributed by atoms with Crippen molar-refractivity contribution in [2.24, 2.45) is 0 Å². The van der Waals surface area contributed by atoms with E-state index in [1.165, 1.54) is 16.7 Å². The van der Waals surface area contributed by atoms with Crippen molar-refractivity contribution in [1.29, 1.82) is 0 Å². The third kappa shape index (κ3) is 3.52. The molecule has 0 spiro atoms. The maximum absolute atomic E-state index is 12.5. The molecule has 1 fully saturated rings. The van der Waals surface area contributed by atoms with Crippen LogP contribution in [0.3, 0.4) is 0 Å². The quantitative estimate of drug-likeness (QED) is 0.777. The second-order valence-electron chi connectivity index (χ2n) is 5.76. The number of methoxy groups -OCH3 is 1. The molecule has 3 amide bonds. The normalized spacial score (nSPS) is 15.0. The zero-order valence-corrected chi connectivity index (χ0v) is 15.7. The first kappa shape index (κ1) is 18.2. The Labute approximate surface area is 155 Å². The molecule has 0 unspecified atom stereocenters. The van der Waals surface area contributed by atoms with E-state index in [0.717, 1.165) is 17.1 Å². The smallest absolute Gasteiger partial charge is 0.324 e. The molecule has 2 heterocycles. The molecule has 1 aromatic carbocycles. The fraction of sp³-hybridized carbons (Fsp3) is 0.412. The van der Waals surface area contributed by atoms with E-state index in [1.807, 2.05) is 35.8 Å². The molecule has 1 aliphatic rings. The number of rotatable bonds is 6. The number of nitrogens with zero attached hydrogens (tertiary/aromatic N) is 4. The predicted octanol–water partition coefficient (Wildman–Crippen LogP) is 2.01. The molecule has 1 aromatic heterocycles. The molecule has 138 valence electrons. The van der Waals surface area contributed by atoms with Crippen LogP contribution in [0.25, 0.3) is 11.4 Å². The van der Waals surface area contributed by atoms with Gasteiger partial charge in [0.2, 0.25) is 5.91 Å². The van der Waals surface area contributed by atoms with Gasteiger partial charge in [0.1, 0.15) is 5.75 Å². The van der Waals surface area contributed by atoms with Gasteiger partial charge in [-0.3, -0.25) is 9.69 Å². The highest BCUT2D eigenvalue weighted by atomic mass is 32.2. The summed E-state index contributed by atoms with van der Waals surface area (Å²) in [6.07, 6.45) is 0. The number of thioether (sulfide) groups is 1. The van der Waals surface area contributed by atoms with E-state index in [9.17, 15) is 9.59 Å². The summed E-state index contributed by atoms with van der Waals surface area (Å²) >= 11 is 1.31. The number of imide groups is 1. The molecular formula is C17H21N5O3S. The van der Waals surface area contributed by atoms with Crippen molar-refractivity contribution in [3.8, 4) is 17.1 Å². The Bertz CT molecular complexity index is 805. The van der Waals surface area contributed by atoms with Gasteiger partial charge in [-0.2, -0.15) is 0 Å². The van der Waals surface area contributed by atoms with Gasteiger partial charge in [0.25, 0.3) is 0 Å². The molecule has 0 saturated carbocycles. The summed E-state index contributed by atoms with van der Waals surface area (Å²) in [5, 5.41) is 11.4. The highest BCUT2D eigenvalue weighted by Crippen LogP contribution is 2.28. The van der Waals surface area contributed by atoms with E-state index < -0.39 is 5.25 Å². The van der Waals surface area contributed by atoms with Gasteiger partial charge < -0.3 is 14.6 Å². The highest BCUT2D eigenvalue weighted by Gasteiger charge is 2.31. The average Bonchev–Trinajstić information content (AvgIpc) is 3.27. The summed E-state index contributed by atoms with van der Waals surface area (Å²) in [5.74, 6) is 1.28. The first-order valence-electron chi connectivity index (χ1n) is 8.38. The van der Waals surface area contributed by atoms with Crippen molar-refractivity contribution in [2.75, 3.05) is 20.2 Å². The second-order valence-corrected chi connectivity index (χ2v) is 7.07. The van der Waals surface area contributed by atoms with Gasteiger partial charge in [-0.05, 0) is 38.1 Å². The second kappa shape index (κ2) is 7.77. The van der Waals surface area contributed by atoms with Gasteiger partial charge in [0.15, 0.2) is 11.0 Å². The number of benzene rings is 1. The van der Waals surface area contributed by atoms with Gasteiger partial charge >= 0.3 is 6.03 Å². The standard InChI is InChI=1S/C17H21N5O3S/c1-4-21-14(12-5-7-13(25-3)8-6-12)19-20-17(21)26-11(2)15(23)22-10-9-18-16(22)24/h5-8,11H,4,9-10H2,1-3H3,(H,18,24)/t11-/m0/s1. The number of carbonyl (C=O) groups is 2. The van der Waals surface area contributed by atoms with Crippen molar-refractivity contribution in [3.05, 3.63) is 24.3 Å². The Hall–Kier alpha value is -2.55. The highest BCUT2D eigenvalue weighted by molar-refractivity contribution is 8.00. The third-order valence-corrected chi connectivity index (χ3v) is 5.20. The van der Waals surface area contributed by atoms with Crippen LogP contribution in [-0.4, -0.2) is 57.1 Å². The summed E-state index contributed by atoms with van der Waals surface area (Å²) in [4.78, 5) is 25.4. The van der Waals surface area contributed by atoms with Gasteiger partial charge in [0.05, 0.1) is 12.4 Å². The lowest BCUT2D eigenvalue weighted by molar-refractivity contribution is -0.126. The minimum Gasteiger partial charge on any atom is -0.497 e. The van der Waals surface area contributed by atoms with Crippen LogP contribution < -0.4 is 10.1 Å². The van der Waals surface area contributed by atoms with Crippen LogP contribution in [0.2, 0.25) is 0 Å². The summed E-state index contributed by atoms with van der Waals surface area (Å²) in [7, 11) is 1.62. The summed E-state index contributed by atoms with van der Waals surface area (Å²) < 4.78 is 7.14. The number of hydrogen-bond acceptors (Lipinski definition) is 6. The van der Waals surface area contributed by atoms with Crippen molar-refractivity contribution < 1.29 is 14.3 Å². The van der Waals surface area contributed by atoms with Crippen molar-refractivity contribution in [2.45, 2.75) is 30.8 Å². The van der Waals surface area contributed by atoms with Crippen LogP contribution in [0.15, 0.2) is 29.4 Å². The number of carbonyl (C=O) groups excluding carboxylic acids is 2. The Kier molecular flexibility index (Phi) is 5.46. The molecular weight excluding hydrogens is 354 g/mol. The molecule has 1 saturated heterocycles. The molecule has 8 nitrogen and oxygen atoms in total. The third-order valence-electron chi connectivity index (χ3n) is 4.13. The van der Waals surface area contributed by atoms with E-state index in [1.54, 1.807) is 14.0 Å². The Morgan fingerprint density at radius 1 is 1.35 bits per heavy atom. The monoisotopic (exact) mass is 375 g/mol. The number of ether oxygens (including phenoxy) is 1. The van der Waals surface area contributed by atoms with E-state index in [0.29, 0.717) is 24.8 Å². The van der Waals surface area contributed by atoms with Crippen LogP contribution in [0.5, 0.6) is 5.75 Å². The average molecular weight is 375 g/mol. The molecule has 1 aliphatic heterocycles. The van der Waals surface area contributed by atoms with Crippen molar-refractivity contribution in [3.63, 3.8) is 0 Å². The van der Waals surface area contributed by atoms with Crippen LogP contribution in [0.4, 0.5) is 4.79 Å². The Balaban J connectivity index is 1.79. The zero-order valence-electron chi connectivity index (χ0n) is 14.9. The van der Waals surface area contributed by atoms with Crippen LogP contribution >= 0.6 is 11.8 Å². The maximum Gasteiger partial charge on any atom is 0.324 e. The maximum atomic E-state index is 12.5. The first-order chi connectivity index (χ1) is 12.5. The number of nitrogens with one attached hydrogen (secondary N) is 1. The number of aromatic nitrogens is 3. The van der Waals surface area contributed by atoms with E-state index >= 15 is 0 Å². The number of hydrogen-bond donors (Lipinski definition) is 1. The Morgan fingerprint density at radius 3 is 2.65 bits per heavy atom.